The summed E-state index contributed by atoms with van der Waals surface area (Å²) < 4.78 is 5.67. The Morgan fingerprint density at radius 3 is 2.32 bits per heavy atom. The summed E-state index contributed by atoms with van der Waals surface area (Å²) in [6, 6.07) is 7.99. The van der Waals surface area contributed by atoms with E-state index in [9.17, 15) is 0 Å². The van der Waals surface area contributed by atoms with Gasteiger partial charge in [-0.3, -0.25) is 0 Å². The molecule has 1 aromatic carbocycles. The second-order valence-corrected chi connectivity index (χ2v) is 7.83. The number of hydrogen-bond donors (Lipinski definition) is 0. The molecule has 0 unspecified atom stereocenters. The molecule has 1 aliphatic rings. The summed E-state index contributed by atoms with van der Waals surface area (Å²) in [6.45, 7) is 5.23. The van der Waals surface area contributed by atoms with Gasteiger partial charge in [0.25, 0.3) is 0 Å². The molecule has 1 heteroatoms. The lowest BCUT2D eigenvalue weighted by Gasteiger charge is -2.25. The van der Waals surface area contributed by atoms with Crippen molar-refractivity contribution in [1.82, 2.24) is 0 Å². The number of hydrogen-bond acceptors (Lipinski definition) is 1. The van der Waals surface area contributed by atoms with Crippen molar-refractivity contribution >= 4 is 0 Å². The Morgan fingerprint density at radius 1 is 0.893 bits per heavy atom. The molecule has 1 fully saturated rings. The third-order valence-electron chi connectivity index (χ3n) is 5.44. The van der Waals surface area contributed by atoms with E-state index in [-0.39, 0.29) is 0 Å². The fourth-order valence-corrected chi connectivity index (χ4v) is 3.62. The first kappa shape index (κ1) is 22.2. The van der Waals surface area contributed by atoms with Crippen LogP contribution in [0.25, 0.3) is 0 Å². The summed E-state index contributed by atoms with van der Waals surface area (Å²) in [5, 5.41) is 0. The van der Waals surface area contributed by atoms with Gasteiger partial charge in [-0.25, -0.2) is 0 Å². The minimum Gasteiger partial charge on any atom is -0.494 e. The molecule has 28 heavy (non-hydrogen) atoms. The summed E-state index contributed by atoms with van der Waals surface area (Å²) in [7, 11) is 0. The molecule has 0 atom stereocenters. The van der Waals surface area contributed by atoms with Gasteiger partial charge < -0.3 is 4.74 Å². The first-order valence-electron chi connectivity index (χ1n) is 11.2. The smallest absolute Gasteiger partial charge is 0.119 e. The van der Waals surface area contributed by atoms with E-state index >= 15 is 0 Å². The van der Waals surface area contributed by atoms with Crippen molar-refractivity contribution in [2.24, 2.45) is 11.8 Å². The van der Waals surface area contributed by atoms with E-state index < -0.39 is 0 Å². The van der Waals surface area contributed by atoms with Gasteiger partial charge in [0.05, 0.1) is 6.61 Å². The highest BCUT2D eigenvalue weighted by Crippen LogP contribution is 2.31. The topological polar surface area (TPSA) is 9.23 Å². The third-order valence-corrected chi connectivity index (χ3v) is 5.44. The number of ether oxygens (including phenoxy) is 1. The van der Waals surface area contributed by atoms with Crippen molar-refractivity contribution in [3.63, 3.8) is 0 Å². The first-order valence-corrected chi connectivity index (χ1v) is 11.2. The molecule has 1 aromatic rings. The first-order chi connectivity index (χ1) is 13.8. The molecule has 2 rings (SSSR count). The Labute approximate surface area is 173 Å². The molecule has 150 valence electrons. The SMILES string of the molecule is CCCCCC1CCC(C#C/C=C/C#Cc2ccc(OCCCC)cc2)CC1. The second-order valence-electron chi connectivity index (χ2n) is 7.83. The maximum atomic E-state index is 5.67. The van der Waals surface area contributed by atoms with Gasteiger partial charge >= 0.3 is 0 Å². The Hall–Kier alpha value is -2.12. The zero-order valence-corrected chi connectivity index (χ0v) is 17.8. The van der Waals surface area contributed by atoms with Crippen LogP contribution in [0.1, 0.15) is 83.6 Å². The van der Waals surface area contributed by atoms with E-state index in [1.54, 1.807) is 0 Å². The molecule has 1 saturated carbocycles. The van der Waals surface area contributed by atoms with Crippen molar-refractivity contribution in [2.75, 3.05) is 6.61 Å². The Morgan fingerprint density at radius 2 is 1.61 bits per heavy atom. The van der Waals surface area contributed by atoms with Gasteiger partial charge in [-0.2, -0.15) is 0 Å². The van der Waals surface area contributed by atoms with Gasteiger partial charge in [0.2, 0.25) is 0 Å². The van der Waals surface area contributed by atoms with Crippen molar-refractivity contribution in [1.29, 1.82) is 0 Å². The highest BCUT2D eigenvalue weighted by atomic mass is 16.5. The normalized spacial score (nSPS) is 18.8. The van der Waals surface area contributed by atoms with Crippen molar-refractivity contribution in [2.45, 2.75) is 78.1 Å². The average Bonchev–Trinajstić information content (AvgIpc) is 2.73. The van der Waals surface area contributed by atoms with Gasteiger partial charge in [0.1, 0.15) is 5.75 Å². The van der Waals surface area contributed by atoms with E-state index in [0.29, 0.717) is 5.92 Å². The van der Waals surface area contributed by atoms with Gasteiger partial charge in [0.15, 0.2) is 0 Å². The van der Waals surface area contributed by atoms with E-state index in [0.717, 1.165) is 36.7 Å². The van der Waals surface area contributed by atoms with Crippen molar-refractivity contribution in [3.05, 3.63) is 42.0 Å². The minimum absolute atomic E-state index is 0.584. The molecule has 0 heterocycles. The van der Waals surface area contributed by atoms with Crippen LogP contribution in [0.4, 0.5) is 0 Å². The standard InChI is InChI=1S/C27H36O/c1-3-5-9-12-24-15-17-25(18-16-24)13-10-7-8-11-14-26-19-21-27(22-20-26)28-23-6-4-2/h7-8,19-22,24-25H,3-6,9,12,15-18,23H2,1-2H3/b8-7+. The average molecular weight is 377 g/mol. The predicted octanol–water partition coefficient (Wildman–Crippen LogP) is 7.16. The zero-order valence-electron chi connectivity index (χ0n) is 17.8. The van der Waals surface area contributed by atoms with Gasteiger partial charge in [-0.05, 0) is 74.4 Å². The van der Waals surface area contributed by atoms with Crippen LogP contribution in [0.3, 0.4) is 0 Å². The molecule has 0 aliphatic heterocycles. The predicted molar refractivity (Wildman–Crippen MR) is 120 cm³/mol. The molecule has 0 spiro atoms. The van der Waals surface area contributed by atoms with Crippen molar-refractivity contribution in [3.8, 4) is 29.4 Å². The van der Waals surface area contributed by atoms with E-state index in [4.69, 9.17) is 4.74 Å². The second kappa shape index (κ2) is 14.0. The van der Waals surface area contributed by atoms with Gasteiger partial charge in [0, 0.05) is 11.5 Å². The largest absolute Gasteiger partial charge is 0.494 e. The Bertz CT molecular complexity index is 682. The van der Waals surface area contributed by atoms with E-state index in [2.05, 4.69) is 37.5 Å². The molecule has 0 N–H and O–H groups in total. The highest BCUT2D eigenvalue weighted by Gasteiger charge is 2.19. The van der Waals surface area contributed by atoms with Crippen LogP contribution in [0, 0.1) is 35.5 Å². The summed E-state index contributed by atoms with van der Waals surface area (Å²) in [5.74, 6) is 15.3. The van der Waals surface area contributed by atoms with E-state index in [1.165, 1.54) is 51.4 Å². The van der Waals surface area contributed by atoms with E-state index in [1.807, 2.05) is 36.4 Å². The summed E-state index contributed by atoms with van der Waals surface area (Å²) in [4.78, 5) is 0. The third kappa shape index (κ3) is 9.19. The highest BCUT2D eigenvalue weighted by molar-refractivity contribution is 5.40. The number of benzene rings is 1. The van der Waals surface area contributed by atoms with Gasteiger partial charge in [-0.1, -0.05) is 69.6 Å². The van der Waals surface area contributed by atoms with Crippen LogP contribution in [-0.2, 0) is 0 Å². The lowest BCUT2D eigenvalue weighted by atomic mass is 9.80. The Kier molecular flexibility index (Phi) is 11.1. The molecule has 1 nitrogen and oxygen atoms in total. The molecule has 0 bridgehead atoms. The fourth-order valence-electron chi connectivity index (χ4n) is 3.62. The molecule has 0 amide bonds. The number of unbranched alkanes of at least 4 members (excludes halogenated alkanes) is 3. The van der Waals surface area contributed by atoms with Crippen LogP contribution in [0.5, 0.6) is 5.75 Å². The zero-order chi connectivity index (χ0) is 19.9. The Balaban J connectivity index is 1.68. The fraction of sp³-hybridized carbons (Fsp3) is 0.556. The van der Waals surface area contributed by atoms with Crippen LogP contribution in [-0.4, -0.2) is 6.61 Å². The lowest BCUT2D eigenvalue weighted by Crippen LogP contribution is -2.13. The molecule has 0 saturated heterocycles. The molecule has 0 aromatic heterocycles. The maximum Gasteiger partial charge on any atom is 0.119 e. The summed E-state index contributed by atoms with van der Waals surface area (Å²) >= 11 is 0. The van der Waals surface area contributed by atoms with Crippen LogP contribution < -0.4 is 4.74 Å². The molecule has 1 aliphatic carbocycles. The molecular weight excluding hydrogens is 340 g/mol. The number of allylic oxidation sites excluding steroid dienone is 2. The summed E-state index contributed by atoms with van der Waals surface area (Å²) in [6.07, 6.45) is 16.8. The summed E-state index contributed by atoms with van der Waals surface area (Å²) in [5.41, 5.74) is 1.00. The number of rotatable bonds is 8. The monoisotopic (exact) mass is 376 g/mol. The van der Waals surface area contributed by atoms with Crippen molar-refractivity contribution < 1.29 is 4.74 Å². The molecule has 0 radical (unpaired) electrons. The quantitative estimate of drug-likeness (QED) is 0.345. The van der Waals surface area contributed by atoms with Crippen LogP contribution in [0.2, 0.25) is 0 Å². The minimum atomic E-state index is 0.584. The van der Waals surface area contributed by atoms with Gasteiger partial charge in [-0.15, -0.1) is 0 Å². The van der Waals surface area contributed by atoms with Crippen LogP contribution >= 0.6 is 0 Å². The maximum absolute atomic E-state index is 5.67. The van der Waals surface area contributed by atoms with Crippen LogP contribution in [0.15, 0.2) is 36.4 Å². The lowest BCUT2D eigenvalue weighted by molar-refractivity contribution is 0.294. The molecular formula is C27H36O.